The number of carboxylic acid groups (broad SMARTS) is 1. The Hall–Kier alpha value is 0.219. The third-order valence-corrected chi connectivity index (χ3v) is 14.2. The minimum Gasteiger partial charge on any atom is -0.478 e. The van der Waals surface area contributed by atoms with Crippen LogP contribution in [0.3, 0.4) is 0 Å². The first kappa shape index (κ1) is 20.2. The predicted octanol–water partition coefficient (Wildman–Crippen LogP) is 5.70. The molecule has 0 amide bonds. The van der Waals surface area contributed by atoms with Crippen LogP contribution in [0.25, 0.3) is 0 Å². The van der Waals surface area contributed by atoms with Crippen LogP contribution >= 0.6 is 22.6 Å². The van der Waals surface area contributed by atoms with Crippen LogP contribution < -0.4 is 0 Å². The fourth-order valence-corrected chi connectivity index (χ4v) is 10.9. The topological polar surface area (TPSA) is 37.3 Å². The number of hydrogen-bond donors (Lipinski definition) is 1. The molecule has 0 aliphatic heterocycles. The summed E-state index contributed by atoms with van der Waals surface area (Å²) in [7, 11) is 0. The first-order valence-corrected chi connectivity index (χ1v) is 14.5. The van der Waals surface area contributed by atoms with Gasteiger partial charge in [-0.25, -0.2) is 4.79 Å². The van der Waals surface area contributed by atoms with E-state index < -0.39 is 25.7 Å². The van der Waals surface area contributed by atoms with Crippen LogP contribution in [0.2, 0.25) is 13.3 Å². The van der Waals surface area contributed by atoms with Gasteiger partial charge in [0.25, 0.3) is 0 Å². The van der Waals surface area contributed by atoms with Gasteiger partial charge in [0.15, 0.2) is 0 Å². The van der Waals surface area contributed by atoms with E-state index in [1.807, 2.05) is 28.7 Å². The van der Waals surface area contributed by atoms with Gasteiger partial charge in [-0.05, 0) is 34.7 Å². The van der Waals surface area contributed by atoms with Gasteiger partial charge >= 0.3 is 79.1 Å². The molecule has 0 aliphatic rings. The molecule has 1 aromatic carbocycles. The molecule has 0 aromatic heterocycles. The largest absolute Gasteiger partial charge is 0.478 e. The fraction of sp³-hybridized carbons (Fsp3) is 0.562. The van der Waals surface area contributed by atoms with Crippen molar-refractivity contribution < 1.29 is 9.90 Å². The van der Waals surface area contributed by atoms with Crippen molar-refractivity contribution in [1.29, 1.82) is 0 Å². The van der Waals surface area contributed by atoms with E-state index >= 15 is 0 Å². The number of rotatable bonds is 7. The van der Waals surface area contributed by atoms with E-state index in [1.165, 1.54) is 19.3 Å². The SMILES string of the molecule is CC[CH2][Sn]([CH2]CC)[CH2]CC.O=C(O)c1ccccc1I. The zero-order chi connectivity index (χ0) is 15.4. The number of halogens is 1. The van der Waals surface area contributed by atoms with Crippen LogP contribution in [0.15, 0.2) is 24.3 Å². The maximum atomic E-state index is 10.4. The van der Waals surface area contributed by atoms with E-state index in [-0.39, 0.29) is 0 Å². The van der Waals surface area contributed by atoms with E-state index in [0.29, 0.717) is 5.56 Å². The zero-order valence-electron chi connectivity index (χ0n) is 12.8. The molecule has 4 heteroatoms. The Morgan fingerprint density at radius 2 is 1.50 bits per heavy atom. The van der Waals surface area contributed by atoms with Crippen LogP contribution in [0.5, 0.6) is 0 Å². The van der Waals surface area contributed by atoms with Crippen LogP contribution in [0, 0.1) is 3.57 Å². The van der Waals surface area contributed by atoms with E-state index in [4.69, 9.17) is 5.11 Å². The summed E-state index contributed by atoms with van der Waals surface area (Å²) in [6, 6.07) is 6.88. The maximum Gasteiger partial charge on any atom is 0.336 e. The van der Waals surface area contributed by atoms with Gasteiger partial charge in [0.05, 0.1) is 5.56 Å². The quantitative estimate of drug-likeness (QED) is 0.389. The van der Waals surface area contributed by atoms with E-state index in [9.17, 15) is 4.79 Å². The first-order chi connectivity index (χ1) is 9.56. The maximum absolute atomic E-state index is 10.4. The predicted molar refractivity (Wildman–Crippen MR) is 97.2 cm³/mol. The molecule has 113 valence electrons. The Kier molecular flexibility index (Phi) is 13.1. The molecule has 1 radical (unpaired) electrons. The molecule has 0 saturated carbocycles. The summed E-state index contributed by atoms with van der Waals surface area (Å²) in [5.74, 6) is -0.870. The minimum absolute atomic E-state index is 0.364. The summed E-state index contributed by atoms with van der Waals surface area (Å²) in [6.07, 6.45) is 4.36. The normalized spacial score (nSPS) is 10.1. The Balaban J connectivity index is 0.000000361. The van der Waals surface area contributed by atoms with Gasteiger partial charge in [-0.3, -0.25) is 0 Å². The van der Waals surface area contributed by atoms with Gasteiger partial charge in [-0.2, -0.15) is 0 Å². The Morgan fingerprint density at radius 3 is 1.80 bits per heavy atom. The summed E-state index contributed by atoms with van der Waals surface area (Å²) in [6.45, 7) is 7.02. The van der Waals surface area contributed by atoms with Crippen molar-refractivity contribution in [3.63, 3.8) is 0 Å². The van der Waals surface area contributed by atoms with Gasteiger partial charge in [-0.15, -0.1) is 0 Å². The van der Waals surface area contributed by atoms with Gasteiger partial charge in [0, 0.05) is 3.57 Å². The monoisotopic (exact) mass is 497 g/mol. The zero-order valence-corrected chi connectivity index (χ0v) is 17.8. The second kappa shape index (κ2) is 12.9. The van der Waals surface area contributed by atoms with Crippen LogP contribution in [0.1, 0.15) is 50.4 Å². The molecule has 0 spiro atoms. The van der Waals surface area contributed by atoms with Gasteiger partial charge in [0.1, 0.15) is 0 Å². The molecule has 0 heterocycles. The van der Waals surface area contributed by atoms with Crippen molar-refractivity contribution in [2.45, 2.75) is 53.3 Å². The molecule has 0 unspecified atom stereocenters. The number of carbonyl (C=O) groups is 1. The van der Waals surface area contributed by atoms with E-state index in [2.05, 4.69) is 20.8 Å². The van der Waals surface area contributed by atoms with Crippen LogP contribution in [0.4, 0.5) is 0 Å². The van der Waals surface area contributed by atoms with Crippen molar-refractivity contribution in [2.75, 3.05) is 0 Å². The van der Waals surface area contributed by atoms with Gasteiger partial charge in [-0.1, -0.05) is 12.1 Å². The molecule has 0 aliphatic carbocycles. The molecule has 0 fully saturated rings. The summed E-state index contributed by atoms with van der Waals surface area (Å²) >= 11 is 1.24. The van der Waals surface area contributed by atoms with Crippen molar-refractivity contribution in [2.24, 2.45) is 0 Å². The molecule has 0 atom stereocenters. The average molecular weight is 496 g/mol. The second-order valence-corrected chi connectivity index (χ2v) is 14.5. The van der Waals surface area contributed by atoms with Gasteiger partial charge in [0.2, 0.25) is 0 Å². The summed E-state index contributed by atoms with van der Waals surface area (Å²) in [4.78, 5) is 10.4. The molecule has 0 saturated heterocycles. The smallest absolute Gasteiger partial charge is 0.336 e. The summed E-state index contributed by atoms with van der Waals surface area (Å²) < 4.78 is 5.70. The van der Waals surface area contributed by atoms with Crippen molar-refractivity contribution in [1.82, 2.24) is 0 Å². The third-order valence-electron chi connectivity index (χ3n) is 2.91. The van der Waals surface area contributed by atoms with Gasteiger partial charge < -0.3 is 5.11 Å². The van der Waals surface area contributed by atoms with E-state index in [1.54, 1.807) is 31.5 Å². The summed E-state index contributed by atoms with van der Waals surface area (Å²) in [5.41, 5.74) is 0.364. The number of hydrogen-bond acceptors (Lipinski definition) is 1. The Morgan fingerprint density at radius 1 is 1.05 bits per heavy atom. The second-order valence-electron chi connectivity index (χ2n) is 4.78. The molecule has 2 nitrogen and oxygen atoms in total. The van der Waals surface area contributed by atoms with Crippen LogP contribution in [-0.4, -0.2) is 30.8 Å². The molecule has 20 heavy (non-hydrogen) atoms. The van der Waals surface area contributed by atoms with Crippen LogP contribution in [-0.2, 0) is 0 Å². The van der Waals surface area contributed by atoms with Crippen molar-refractivity contribution in [3.8, 4) is 0 Å². The fourth-order valence-electron chi connectivity index (χ4n) is 2.07. The molecule has 0 bridgehead atoms. The molecule has 1 aromatic rings. The Bertz CT molecular complexity index is 368. The Labute approximate surface area is 144 Å². The molecule has 1 N–H and O–H groups in total. The third kappa shape index (κ3) is 9.21. The first-order valence-electron chi connectivity index (χ1n) is 7.38. The number of carboxylic acids is 1. The summed E-state index contributed by atoms with van der Waals surface area (Å²) in [5, 5.41) is 8.56. The van der Waals surface area contributed by atoms with E-state index in [0.717, 1.165) is 3.57 Å². The number of benzene rings is 1. The molecule has 1 rings (SSSR count). The number of aromatic carboxylic acids is 1. The van der Waals surface area contributed by atoms with Crippen molar-refractivity contribution >= 4 is 48.3 Å². The molecular formula is C16H26IO2Sn. The standard InChI is InChI=1S/C7H5IO2.3C3H7.Sn/c8-6-4-2-1-3-5(6)7(9)10;3*1-3-2;/h1-4H,(H,9,10);3*1,3H2,2H3;. The average Bonchev–Trinajstić information content (AvgIpc) is 2.40. The molecular weight excluding hydrogens is 470 g/mol. The van der Waals surface area contributed by atoms with Crippen molar-refractivity contribution in [3.05, 3.63) is 33.4 Å². The minimum atomic E-state index is -0.870.